The Kier molecular flexibility index (Phi) is 16.3. The van der Waals surface area contributed by atoms with E-state index in [1.54, 1.807) is 0 Å². The molecule has 32 heavy (non-hydrogen) atoms. The number of nitrogens with zero attached hydrogens (tertiary/aromatic N) is 2. The van der Waals surface area contributed by atoms with Gasteiger partial charge < -0.3 is 9.80 Å². The summed E-state index contributed by atoms with van der Waals surface area (Å²) >= 11 is 0. The fraction of sp³-hybridized carbons (Fsp3) is 1.00. The van der Waals surface area contributed by atoms with Crippen LogP contribution in [-0.4, -0.2) is 48.1 Å². The van der Waals surface area contributed by atoms with E-state index in [1.165, 1.54) is 103 Å². The van der Waals surface area contributed by atoms with E-state index in [0.29, 0.717) is 0 Å². The van der Waals surface area contributed by atoms with Crippen LogP contribution in [-0.2, 0) is 0 Å². The first kappa shape index (κ1) is 30.0. The molecule has 0 N–H and O–H groups in total. The van der Waals surface area contributed by atoms with Crippen molar-refractivity contribution in [2.24, 2.45) is 23.7 Å². The lowest BCUT2D eigenvalue weighted by molar-refractivity contribution is 0.0505. The zero-order valence-corrected chi connectivity index (χ0v) is 23.7. The second-order valence-corrected chi connectivity index (χ2v) is 11.3. The van der Waals surface area contributed by atoms with E-state index in [4.69, 9.17) is 0 Å². The molecule has 0 aromatic heterocycles. The summed E-state index contributed by atoms with van der Waals surface area (Å²) in [4.78, 5) is 5.48. The number of likely N-dealkylation sites (tertiary alicyclic amines) is 1. The maximum absolute atomic E-state index is 2.76. The molecule has 0 aromatic rings. The third-order valence-electron chi connectivity index (χ3n) is 8.57. The summed E-state index contributed by atoms with van der Waals surface area (Å²) in [6, 6.07) is 1.90. The van der Waals surface area contributed by atoms with Gasteiger partial charge in [0.05, 0.1) is 0 Å². The highest BCUT2D eigenvalue weighted by Crippen LogP contribution is 2.33. The summed E-state index contributed by atoms with van der Waals surface area (Å²) in [5.41, 5.74) is 0. The molecule has 0 spiro atoms. The average molecular weight is 451 g/mol. The molecule has 2 nitrogen and oxygen atoms in total. The van der Waals surface area contributed by atoms with Crippen LogP contribution in [0.2, 0.25) is 0 Å². The van der Waals surface area contributed by atoms with Crippen LogP contribution in [0.5, 0.6) is 0 Å². The maximum atomic E-state index is 2.76. The number of piperidine rings is 1. The van der Waals surface area contributed by atoms with E-state index < -0.39 is 0 Å². The summed E-state index contributed by atoms with van der Waals surface area (Å²) in [7, 11) is 0. The minimum atomic E-state index is 0.865. The largest absolute Gasteiger partial charge is 0.301 e. The van der Waals surface area contributed by atoms with Crippen molar-refractivity contribution in [1.82, 2.24) is 9.80 Å². The predicted octanol–water partition coefficient (Wildman–Crippen LogP) is 8.65. The van der Waals surface area contributed by atoms with Crippen molar-refractivity contribution in [1.29, 1.82) is 0 Å². The number of hydrogen-bond donors (Lipinski definition) is 0. The van der Waals surface area contributed by atoms with Crippen LogP contribution in [0.25, 0.3) is 0 Å². The van der Waals surface area contributed by atoms with E-state index >= 15 is 0 Å². The van der Waals surface area contributed by atoms with E-state index in [-0.39, 0.29) is 0 Å². The Morgan fingerprint density at radius 2 is 1.59 bits per heavy atom. The van der Waals surface area contributed by atoms with Gasteiger partial charge in [-0.3, -0.25) is 0 Å². The zero-order valence-electron chi connectivity index (χ0n) is 23.7. The van der Waals surface area contributed by atoms with Gasteiger partial charge in [0, 0.05) is 18.6 Å². The molecule has 3 rings (SSSR count). The molecule has 0 radical (unpaired) electrons. The molecule has 2 aliphatic carbocycles. The van der Waals surface area contributed by atoms with Gasteiger partial charge in [-0.05, 0) is 88.3 Å². The Hall–Kier alpha value is -0.0800. The molecular weight excluding hydrogens is 388 g/mol. The lowest BCUT2D eigenvalue weighted by Gasteiger charge is -2.44. The molecular formula is C30H62N2. The molecule has 0 aromatic carbocycles. The van der Waals surface area contributed by atoms with Crippen molar-refractivity contribution < 1.29 is 0 Å². The van der Waals surface area contributed by atoms with Gasteiger partial charge in [0.1, 0.15) is 0 Å². The Labute approximate surface area is 204 Å². The summed E-state index contributed by atoms with van der Waals surface area (Å²) in [5.74, 6) is 3.79. The van der Waals surface area contributed by atoms with Crippen LogP contribution in [0.1, 0.15) is 132 Å². The highest BCUT2D eigenvalue weighted by Gasteiger charge is 2.31. The summed E-state index contributed by atoms with van der Waals surface area (Å²) in [5, 5.41) is 0. The van der Waals surface area contributed by atoms with Crippen LogP contribution in [0.4, 0.5) is 0 Å². The molecule has 0 bridgehead atoms. The van der Waals surface area contributed by atoms with Crippen LogP contribution in [0, 0.1) is 23.7 Å². The van der Waals surface area contributed by atoms with Crippen LogP contribution in [0.3, 0.4) is 0 Å². The first-order valence-corrected chi connectivity index (χ1v) is 15.0. The minimum Gasteiger partial charge on any atom is -0.301 e. The Balaban J connectivity index is 0.000000299. The minimum absolute atomic E-state index is 0.865. The van der Waals surface area contributed by atoms with Crippen LogP contribution >= 0.6 is 0 Å². The van der Waals surface area contributed by atoms with Crippen LogP contribution < -0.4 is 0 Å². The molecule has 1 saturated heterocycles. The van der Waals surface area contributed by atoms with Gasteiger partial charge in [-0.2, -0.15) is 0 Å². The van der Waals surface area contributed by atoms with Crippen molar-refractivity contribution in [2.75, 3.05) is 26.2 Å². The summed E-state index contributed by atoms with van der Waals surface area (Å²) in [6.07, 6.45) is 17.3. The second-order valence-electron chi connectivity index (χ2n) is 11.3. The standard InChI is InChI=1S/C15H31N.C13H25N.C2H6/c1-5-14(12-13(3)4)10-11-16(6-2)15-8-7-9-15;1-3-5-12-8-9-14(10-11(12)2)13-6-4-7-13;1-2/h13-15H,5-12H2,1-4H3;11-13H,3-10H2,1-2H3;1-2H3. The normalized spacial score (nSPS) is 25.3. The number of hydrogen-bond acceptors (Lipinski definition) is 2. The highest BCUT2D eigenvalue weighted by molar-refractivity contribution is 4.86. The average Bonchev–Trinajstić information content (AvgIpc) is 2.71. The molecule has 2 heteroatoms. The van der Waals surface area contributed by atoms with Gasteiger partial charge in [-0.15, -0.1) is 0 Å². The quantitative estimate of drug-likeness (QED) is 0.311. The predicted molar refractivity (Wildman–Crippen MR) is 145 cm³/mol. The van der Waals surface area contributed by atoms with Crippen molar-refractivity contribution in [3.8, 4) is 0 Å². The van der Waals surface area contributed by atoms with E-state index in [0.717, 1.165) is 35.8 Å². The molecule has 1 aliphatic heterocycles. The molecule has 192 valence electrons. The third-order valence-corrected chi connectivity index (χ3v) is 8.57. The van der Waals surface area contributed by atoms with Crippen molar-refractivity contribution in [3.63, 3.8) is 0 Å². The lowest BCUT2D eigenvalue weighted by Crippen LogP contribution is -2.47. The summed E-state index contributed by atoms with van der Waals surface area (Å²) in [6.45, 7) is 23.5. The van der Waals surface area contributed by atoms with Gasteiger partial charge >= 0.3 is 0 Å². The van der Waals surface area contributed by atoms with Gasteiger partial charge in [0.25, 0.3) is 0 Å². The first-order chi connectivity index (χ1) is 15.5. The highest BCUT2D eigenvalue weighted by atomic mass is 15.2. The van der Waals surface area contributed by atoms with Crippen molar-refractivity contribution in [2.45, 2.75) is 145 Å². The van der Waals surface area contributed by atoms with Gasteiger partial charge in [0.2, 0.25) is 0 Å². The SMILES string of the molecule is CC.CCC(CCN(CC)C1CCC1)CC(C)C.CCCC1CCN(C2CCC2)CC1C. The molecule has 0 amide bonds. The Morgan fingerprint density at radius 1 is 0.938 bits per heavy atom. The van der Waals surface area contributed by atoms with Gasteiger partial charge in [-0.25, -0.2) is 0 Å². The maximum Gasteiger partial charge on any atom is 0.00953 e. The fourth-order valence-corrected chi connectivity index (χ4v) is 5.96. The van der Waals surface area contributed by atoms with Gasteiger partial charge in [-0.1, -0.05) is 87.5 Å². The van der Waals surface area contributed by atoms with Crippen LogP contribution in [0.15, 0.2) is 0 Å². The Bertz CT molecular complexity index is 427. The molecule has 3 atom stereocenters. The van der Waals surface area contributed by atoms with Gasteiger partial charge in [0.15, 0.2) is 0 Å². The molecule has 3 unspecified atom stereocenters. The van der Waals surface area contributed by atoms with Crippen molar-refractivity contribution >= 4 is 0 Å². The van der Waals surface area contributed by atoms with E-state index in [9.17, 15) is 0 Å². The summed E-state index contributed by atoms with van der Waals surface area (Å²) < 4.78 is 0. The first-order valence-electron chi connectivity index (χ1n) is 15.0. The second kappa shape index (κ2) is 17.4. The van der Waals surface area contributed by atoms with E-state index in [2.05, 4.69) is 51.3 Å². The van der Waals surface area contributed by atoms with Crippen molar-refractivity contribution in [3.05, 3.63) is 0 Å². The molecule has 1 heterocycles. The molecule has 2 saturated carbocycles. The van der Waals surface area contributed by atoms with E-state index in [1.807, 2.05) is 13.8 Å². The topological polar surface area (TPSA) is 6.48 Å². The zero-order chi connectivity index (χ0) is 23.9. The smallest absolute Gasteiger partial charge is 0.00953 e. The lowest BCUT2D eigenvalue weighted by atomic mass is 9.81. The molecule has 3 aliphatic rings. The Morgan fingerprint density at radius 3 is 2.00 bits per heavy atom. The monoisotopic (exact) mass is 450 g/mol. The molecule has 3 fully saturated rings. The number of rotatable bonds is 11. The fourth-order valence-electron chi connectivity index (χ4n) is 5.96. The third kappa shape index (κ3) is 10.5.